The number of sulfonamides is 1. The van der Waals surface area contributed by atoms with Crippen molar-refractivity contribution in [2.45, 2.75) is 18.7 Å². The maximum Gasteiger partial charge on any atom is 0.295 e. The zero-order valence-corrected chi connectivity index (χ0v) is 13.4. The first-order chi connectivity index (χ1) is 10.9. The molecule has 0 aliphatic heterocycles. The summed E-state index contributed by atoms with van der Waals surface area (Å²) in [6.45, 7) is 3.74. The van der Waals surface area contributed by atoms with Gasteiger partial charge in [-0.05, 0) is 48.8 Å². The van der Waals surface area contributed by atoms with Crippen molar-refractivity contribution in [2.75, 3.05) is 0 Å². The van der Waals surface area contributed by atoms with E-state index in [1.54, 1.807) is 36.4 Å². The first-order valence-corrected chi connectivity index (χ1v) is 8.06. The van der Waals surface area contributed by atoms with Crippen LogP contribution in [0.1, 0.15) is 11.1 Å². The summed E-state index contributed by atoms with van der Waals surface area (Å²) in [5.41, 5.74) is 10.5. The Bertz CT molecular complexity index is 866. The number of benzene rings is 2. The van der Waals surface area contributed by atoms with Gasteiger partial charge in [0.2, 0.25) is 0 Å². The topological polar surface area (TPSA) is 104 Å². The number of aryl methyl sites for hydroxylation is 2. The van der Waals surface area contributed by atoms with Gasteiger partial charge < -0.3 is 4.74 Å². The second-order valence-electron chi connectivity index (χ2n) is 4.77. The molecule has 0 N–H and O–H groups in total. The minimum Gasteiger partial charge on any atom is -0.437 e. The van der Waals surface area contributed by atoms with Crippen LogP contribution in [0, 0.1) is 13.8 Å². The van der Waals surface area contributed by atoms with Gasteiger partial charge in [-0.15, -0.1) is 4.40 Å². The number of nitrogens with zero attached hydrogens (tertiary/aromatic N) is 4. The van der Waals surface area contributed by atoms with Gasteiger partial charge in [0.1, 0.15) is 5.75 Å². The third-order valence-corrected chi connectivity index (χ3v) is 4.14. The fourth-order valence-electron chi connectivity index (χ4n) is 1.67. The fourth-order valence-corrected chi connectivity index (χ4v) is 2.54. The predicted molar refractivity (Wildman–Crippen MR) is 86.8 cm³/mol. The molecule has 2 rings (SSSR count). The van der Waals surface area contributed by atoms with E-state index in [-0.39, 0.29) is 4.90 Å². The first kappa shape index (κ1) is 16.5. The molecule has 0 atom stereocenters. The third kappa shape index (κ3) is 4.57. The van der Waals surface area contributed by atoms with Gasteiger partial charge in [0.15, 0.2) is 0 Å². The lowest BCUT2D eigenvalue weighted by Crippen LogP contribution is -2.09. The second-order valence-corrected chi connectivity index (χ2v) is 6.37. The lowest BCUT2D eigenvalue weighted by Gasteiger charge is -2.05. The molecule has 0 saturated carbocycles. The molecule has 8 heteroatoms. The quantitative estimate of drug-likeness (QED) is 0.281. The van der Waals surface area contributed by atoms with Crippen LogP contribution in [0.15, 0.2) is 62.9 Å². The van der Waals surface area contributed by atoms with E-state index in [2.05, 4.69) is 14.4 Å². The zero-order chi connectivity index (χ0) is 16.9. The minimum atomic E-state index is -4.03. The van der Waals surface area contributed by atoms with Crippen molar-refractivity contribution in [3.05, 3.63) is 70.1 Å². The van der Waals surface area contributed by atoms with E-state index in [9.17, 15) is 8.42 Å². The summed E-state index contributed by atoms with van der Waals surface area (Å²) in [7, 11) is -4.03. The number of ether oxygens (including phenoxy) is 1. The van der Waals surface area contributed by atoms with Crippen LogP contribution >= 0.6 is 0 Å². The summed E-state index contributed by atoms with van der Waals surface area (Å²) >= 11 is 0. The number of azide groups is 1. The maximum atomic E-state index is 12.2. The van der Waals surface area contributed by atoms with Crippen molar-refractivity contribution in [2.24, 2.45) is 9.51 Å². The van der Waals surface area contributed by atoms with Crippen LogP contribution in [0.3, 0.4) is 0 Å². The molecule has 7 nitrogen and oxygen atoms in total. The normalized spacial score (nSPS) is 11.7. The maximum absolute atomic E-state index is 12.2. The smallest absolute Gasteiger partial charge is 0.295 e. The predicted octanol–water partition coefficient (Wildman–Crippen LogP) is 3.74. The molecule has 0 aliphatic carbocycles. The Morgan fingerprint density at radius 2 is 1.52 bits per heavy atom. The Morgan fingerprint density at radius 3 is 2.04 bits per heavy atom. The van der Waals surface area contributed by atoms with Gasteiger partial charge in [-0.25, -0.2) is 0 Å². The first-order valence-electron chi connectivity index (χ1n) is 6.62. The highest BCUT2D eigenvalue weighted by Crippen LogP contribution is 2.16. The molecular formula is C15H14N4O3S. The van der Waals surface area contributed by atoms with Crippen molar-refractivity contribution < 1.29 is 13.2 Å². The highest BCUT2D eigenvalue weighted by molar-refractivity contribution is 7.90. The molecule has 2 aromatic carbocycles. The van der Waals surface area contributed by atoms with E-state index < -0.39 is 16.0 Å². The Balaban J connectivity index is 2.35. The van der Waals surface area contributed by atoms with Crippen LogP contribution in [-0.2, 0) is 10.0 Å². The highest BCUT2D eigenvalue weighted by atomic mass is 32.2. The molecule has 0 aliphatic rings. The van der Waals surface area contributed by atoms with Crippen molar-refractivity contribution >= 4 is 16.0 Å². The molecule has 23 heavy (non-hydrogen) atoms. The highest BCUT2D eigenvalue weighted by Gasteiger charge is 2.15. The third-order valence-electron chi connectivity index (χ3n) is 2.88. The number of amidine groups is 1. The summed E-state index contributed by atoms with van der Waals surface area (Å²) < 4.78 is 33.1. The van der Waals surface area contributed by atoms with E-state index >= 15 is 0 Å². The van der Waals surface area contributed by atoms with Crippen molar-refractivity contribution in [3.63, 3.8) is 0 Å². The fraction of sp³-hybridized carbons (Fsp3) is 0.133. The van der Waals surface area contributed by atoms with E-state index in [0.717, 1.165) is 11.1 Å². The van der Waals surface area contributed by atoms with Crippen LogP contribution in [0.2, 0.25) is 0 Å². The summed E-state index contributed by atoms with van der Waals surface area (Å²) in [4.78, 5) is 2.53. The molecule has 0 aromatic heterocycles. The Labute approximate surface area is 133 Å². The average Bonchev–Trinajstić information content (AvgIpc) is 2.50. The summed E-state index contributed by atoms with van der Waals surface area (Å²) in [5.74, 6) is 0.320. The van der Waals surface area contributed by atoms with Gasteiger partial charge in [-0.1, -0.05) is 35.4 Å². The summed E-state index contributed by atoms with van der Waals surface area (Å²) in [6.07, 6.45) is 0. The number of hydrogen-bond acceptors (Lipinski definition) is 3. The Hall–Kier alpha value is -2.83. The lowest BCUT2D eigenvalue weighted by atomic mass is 10.2. The average molecular weight is 330 g/mol. The monoisotopic (exact) mass is 330 g/mol. The Morgan fingerprint density at radius 1 is 1.00 bits per heavy atom. The van der Waals surface area contributed by atoms with E-state index in [0.29, 0.717) is 5.75 Å². The van der Waals surface area contributed by atoms with Crippen molar-refractivity contribution in [1.82, 2.24) is 0 Å². The molecule has 0 radical (unpaired) electrons. The van der Waals surface area contributed by atoms with Crippen LogP contribution in [0.5, 0.6) is 5.75 Å². The van der Waals surface area contributed by atoms with Gasteiger partial charge in [0.05, 0.1) is 4.90 Å². The van der Waals surface area contributed by atoms with E-state index in [4.69, 9.17) is 10.3 Å². The molecule has 2 aromatic rings. The lowest BCUT2D eigenvalue weighted by molar-refractivity contribution is 0.540. The molecule has 0 bridgehead atoms. The molecule has 0 heterocycles. The SMILES string of the molecule is Cc1ccc(OC(N=[N+]=[N-])=NS(=O)(=O)c2ccc(C)cc2)cc1. The zero-order valence-electron chi connectivity index (χ0n) is 12.5. The van der Waals surface area contributed by atoms with Gasteiger partial charge in [-0.3, -0.25) is 0 Å². The molecule has 0 unspecified atom stereocenters. The molecule has 0 saturated heterocycles. The summed E-state index contributed by atoms with van der Waals surface area (Å²) in [6, 6.07) is 12.4. The van der Waals surface area contributed by atoms with Gasteiger partial charge in [-0.2, -0.15) is 8.42 Å². The van der Waals surface area contributed by atoms with Crippen LogP contribution in [0.4, 0.5) is 0 Å². The molecule has 0 fully saturated rings. The van der Waals surface area contributed by atoms with E-state index in [1.807, 2.05) is 13.8 Å². The summed E-state index contributed by atoms with van der Waals surface area (Å²) in [5, 5.41) is 3.20. The second kappa shape index (κ2) is 6.95. The van der Waals surface area contributed by atoms with Gasteiger partial charge in [0, 0.05) is 4.91 Å². The minimum absolute atomic E-state index is 0.0127. The van der Waals surface area contributed by atoms with Crippen LogP contribution in [-0.4, -0.2) is 14.4 Å². The standard InChI is InChI=1S/C15H14N4O3S/c1-11-3-7-13(8-4-11)22-15(17-19-16)18-23(20,21)14-9-5-12(2)6-10-14/h3-10H,1-2H3. The Kier molecular flexibility index (Phi) is 5.00. The number of rotatable bonds is 3. The molecule has 0 spiro atoms. The van der Waals surface area contributed by atoms with Gasteiger partial charge >= 0.3 is 0 Å². The van der Waals surface area contributed by atoms with E-state index in [1.165, 1.54) is 12.1 Å². The molecule has 0 amide bonds. The van der Waals surface area contributed by atoms with Crippen LogP contribution < -0.4 is 4.74 Å². The van der Waals surface area contributed by atoms with Crippen molar-refractivity contribution in [1.29, 1.82) is 0 Å². The van der Waals surface area contributed by atoms with Crippen LogP contribution in [0.25, 0.3) is 10.4 Å². The number of hydrogen-bond donors (Lipinski definition) is 0. The molecule has 118 valence electrons. The largest absolute Gasteiger partial charge is 0.437 e. The van der Waals surface area contributed by atoms with Gasteiger partial charge in [0.25, 0.3) is 16.0 Å². The van der Waals surface area contributed by atoms with Crippen molar-refractivity contribution in [3.8, 4) is 5.75 Å². The molecular weight excluding hydrogens is 316 g/mol.